The number of carbonyl (C=O) groups is 2. The summed E-state index contributed by atoms with van der Waals surface area (Å²) in [5, 5.41) is 2.79. The number of rotatable bonds is 5. The summed E-state index contributed by atoms with van der Waals surface area (Å²) >= 11 is 0. The fraction of sp³-hybridized carbons (Fsp3) is 0.222. The Hall–Kier alpha value is -2.82. The molecular weight excluding hydrogens is 294 g/mol. The maximum absolute atomic E-state index is 12.2. The number of carbonyl (C=O) groups excluding carboxylic acids is 2. The molecule has 0 radical (unpaired) electrons. The topological polar surface area (TPSA) is 64.6 Å². The van der Waals surface area contributed by atoms with Crippen LogP contribution < -0.4 is 10.1 Å². The highest BCUT2D eigenvalue weighted by atomic mass is 16.5. The molecule has 0 aromatic heterocycles. The molecule has 1 N–H and O–H groups in total. The fourth-order valence-corrected chi connectivity index (χ4v) is 1.97. The summed E-state index contributed by atoms with van der Waals surface area (Å²) in [5.41, 5.74) is 1.53. The number of anilines is 1. The van der Waals surface area contributed by atoms with E-state index in [0.717, 1.165) is 5.75 Å². The molecule has 0 aliphatic carbocycles. The van der Waals surface area contributed by atoms with Crippen molar-refractivity contribution in [3.63, 3.8) is 0 Å². The second-order valence-electron chi connectivity index (χ2n) is 5.21. The molecule has 5 nitrogen and oxygen atoms in total. The molecular formula is C18H19NO4. The summed E-state index contributed by atoms with van der Waals surface area (Å²) in [7, 11) is 1.32. The van der Waals surface area contributed by atoms with Crippen LogP contribution >= 0.6 is 0 Å². The Bertz CT molecular complexity index is 675. The van der Waals surface area contributed by atoms with Gasteiger partial charge < -0.3 is 14.8 Å². The van der Waals surface area contributed by atoms with E-state index in [4.69, 9.17) is 4.74 Å². The third-order valence-corrected chi connectivity index (χ3v) is 3.05. The van der Waals surface area contributed by atoms with Gasteiger partial charge in [0.15, 0.2) is 0 Å². The summed E-state index contributed by atoms with van der Waals surface area (Å²) in [4.78, 5) is 23.5. The van der Waals surface area contributed by atoms with E-state index in [1.807, 2.05) is 13.8 Å². The average molecular weight is 313 g/mol. The molecule has 0 aliphatic heterocycles. The minimum Gasteiger partial charge on any atom is -0.491 e. The van der Waals surface area contributed by atoms with Crippen LogP contribution in [0.1, 0.15) is 34.6 Å². The van der Waals surface area contributed by atoms with Gasteiger partial charge in [-0.15, -0.1) is 0 Å². The number of nitrogens with one attached hydrogen (secondary N) is 1. The van der Waals surface area contributed by atoms with E-state index in [2.05, 4.69) is 10.1 Å². The van der Waals surface area contributed by atoms with Crippen LogP contribution in [0.3, 0.4) is 0 Å². The van der Waals surface area contributed by atoms with Gasteiger partial charge in [-0.3, -0.25) is 4.79 Å². The second-order valence-corrected chi connectivity index (χ2v) is 5.21. The molecule has 2 rings (SSSR count). The molecule has 0 saturated carbocycles. The number of ether oxygens (including phenoxy) is 2. The summed E-state index contributed by atoms with van der Waals surface area (Å²) in [6, 6.07) is 13.4. The van der Waals surface area contributed by atoms with Crippen molar-refractivity contribution in [2.75, 3.05) is 12.4 Å². The summed E-state index contributed by atoms with van der Waals surface area (Å²) in [6.45, 7) is 3.90. The molecule has 2 aromatic rings. The number of methoxy groups -OCH3 is 1. The van der Waals surface area contributed by atoms with Crippen molar-refractivity contribution in [2.24, 2.45) is 0 Å². The van der Waals surface area contributed by atoms with Crippen LogP contribution in [0.4, 0.5) is 5.69 Å². The first-order valence-corrected chi connectivity index (χ1v) is 7.26. The number of hydrogen-bond acceptors (Lipinski definition) is 4. The predicted octanol–water partition coefficient (Wildman–Crippen LogP) is 3.51. The van der Waals surface area contributed by atoms with Gasteiger partial charge >= 0.3 is 5.97 Å². The molecule has 0 fully saturated rings. The molecule has 0 heterocycles. The van der Waals surface area contributed by atoms with Crippen molar-refractivity contribution in [3.8, 4) is 5.75 Å². The van der Waals surface area contributed by atoms with Crippen LogP contribution in [0.5, 0.6) is 5.75 Å². The zero-order valence-electron chi connectivity index (χ0n) is 13.3. The lowest BCUT2D eigenvalue weighted by atomic mass is 10.1. The number of benzene rings is 2. The zero-order valence-corrected chi connectivity index (χ0v) is 13.3. The van der Waals surface area contributed by atoms with E-state index in [1.165, 1.54) is 7.11 Å². The fourth-order valence-electron chi connectivity index (χ4n) is 1.97. The first kappa shape index (κ1) is 16.5. The predicted molar refractivity (Wildman–Crippen MR) is 87.9 cm³/mol. The van der Waals surface area contributed by atoms with Crippen LogP contribution in [0.15, 0.2) is 48.5 Å². The lowest BCUT2D eigenvalue weighted by Crippen LogP contribution is -2.12. The molecule has 0 aliphatic rings. The van der Waals surface area contributed by atoms with Crippen LogP contribution in [0.2, 0.25) is 0 Å². The molecule has 0 bridgehead atoms. The summed E-state index contributed by atoms with van der Waals surface area (Å²) in [5.74, 6) is 0.0667. The van der Waals surface area contributed by atoms with E-state index in [1.54, 1.807) is 48.5 Å². The van der Waals surface area contributed by atoms with Crippen molar-refractivity contribution >= 4 is 17.6 Å². The minimum absolute atomic E-state index is 0.101. The van der Waals surface area contributed by atoms with E-state index in [9.17, 15) is 9.59 Å². The quantitative estimate of drug-likeness (QED) is 0.858. The normalized spacial score (nSPS) is 10.3. The molecule has 0 unspecified atom stereocenters. The molecule has 5 heteroatoms. The Labute approximate surface area is 135 Å². The largest absolute Gasteiger partial charge is 0.491 e. The molecule has 1 amide bonds. The molecule has 0 saturated heterocycles. The highest BCUT2D eigenvalue weighted by Gasteiger charge is 2.09. The Morgan fingerprint density at radius 2 is 1.48 bits per heavy atom. The van der Waals surface area contributed by atoms with E-state index in [0.29, 0.717) is 16.8 Å². The van der Waals surface area contributed by atoms with Gasteiger partial charge in [-0.05, 0) is 62.4 Å². The van der Waals surface area contributed by atoms with Gasteiger partial charge in [0, 0.05) is 11.3 Å². The zero-order chi connectivity index (χ0) is 16.8. The molecule has 0 atom stereocenters. The van der Waals surface area contributed by atoms with Gasteiger partial charge in [0.05, 0.1) is 18.8 Å². The molecule has 23 heavy (non-hydrogen) atoms. The van der Waals surface area contributed by atoms with Gasteiger partial charge in [-0.1, -0.05) is 0 Å². The molecule has 120 valence electrons. The van der Waals surface area contributed by atoms with Crippen LogP contribution in [0, 0.1) is 0 Å². The van der Waals surface area contributed by atoms with Gasteiger partial charge in [0.2, 0.25) is 0 Å². The Morgan fingerprint density at radius 1 is 0.913 bits per heavy atom. The molecule has 2 aromatic carbocycles. The third kappa shape index (κ3) is 4.57. The number of amides is 1. The van der Waals surface area contributed by atoms with Crippen LogP contribution in [-0.4, -0.2) is 25.1 Å². The van der Waals surface area contributed by atoms with Crippen molar-refractivity contribution in [2.45, 2.75) is 20.0 Å². The van der Waals surface area contributed by atoms with Gasteiger partial charge in [0.25, 0.3) is 5.91 Å². The highest BCUT2D eigenvalue weighted by Crippen LogP contribution is 2.17. The van der Waals surface area contributed by atoms with Crippen molar-refractivity contribution in [1.82, 2.24) is 0 Å². The van der Waals surface area contributed by atoms with Crippen LogP contribution in [-0.2, 0) is 4.74 Å². The Balaban J connectivity index is 2.02. The highest BCUT2D eigenvalue weighted by molar-refractivity contribution is 6.04. The second kappa shape index (κ2) is 7.45. The Morgan fingerprint density at radius 3 is 2.00 bits per heavy atom. The average Bonchev–Trinajstić information content (AvgIpc) is 2.55. The molecule has 0 spiro atoms. The lowest BCUT2D eigenvalue weighted by Gasteiger charge is -2.10. The van der Waals surface area contributed by atoms with Gasteiger partial charge in [-0.25, -0.2) is 4.79 Å². The smallest absolute Gasteiger partial charge is 0.337 e. The Kier molecular flexibility index (Phi) is 5.36. The first-order chi connectivity index (χ1) is 11.0. The number of esters is 1. The maximum Gasteiger partial charge on any atom is 0.337 e. The van der Waals surface area contributed by atoms with Crippen molar-refractivity contribution < 1.29 is 19.1 Å². The lowest BCUT2D eigenvalue weighted by molar-refractivity contribution is 0.0600. The first-order valence-electron chi connectivity index (χ1n) is 7.26. The van der Waals surface area contributed by atoms with E-state index < -0.39 is 5.97 Å². The summed E-state index contributed by atoms with van der Waals surface area (Å²) in [6.07, 6.45) is 0.101. The van der Waals surface area contributed by atoms with Crippen molar-refractivity contribution in [1.29, 1.82) is 0 Å². The minimum atomic E-state index is -0.433. The van der Waals surface area contributed by atoms with Crippen molar-refractivity contribution in [3.05, 3.63) is 59.7 Å². The van der Waals surface area contributed by atoms with E-state index >= 15 is 0 Å². The van der Waals surface area contributed by atoms with Crippen LogP contribution in [0.25, 0.3) is 0 Å². The monoisotopic (exact) mass is 313 g/mol. The van der Waals surface area contributed by atoms with E-state index in [-0.39, 0.29) is 12.0 Å². The standard InChI is InChI=1S/C18H19NO4/c1-12(2)23-16-10-8-15(9-11-16)19-17(20)13-4-6-14(7-5-13)18(21)22-3/h4-12H,1-3H3,(H,19,20). The van der Waals surface area contributed by atoms with Gasteiger partial charge in [-0.2, -0.15) is 0 Å². The third-order valence-electron chi connectivity index (χ3n) is 3.05. The maximum atomic E-state index is 12.2. The number of hydrogen-bond donors (Lipinski definition) is 1. The SMILES string of the molecule is COC(=O)c1ccc(C(=O)Nc2ccc(OC(C)C)cc2)cc1. The summed E-state index contributed by atoms with van der Waals surface area (Å²) < 4.78 is 10.2. The van der Waals surface area contributed by atoms with Gasteiger partial charge in [0.1, 0.15) is 5.75 Å².